The van der Waals surface area contributed by atoms with Crippen LogP contribution in [0.2, 0.25) is 0 Å². The third-order valence-electron chi connectivity index (χ3n) is 2.81. The van der Waals surface area contributed by atoms with Gasteiger partial charge in [-0.3, -0.25) is 0 Å². The Labute approximate surface area is 126 Å². The summed E-state index contributed by atoms with van der Waals surface area (Å²) in [5.41, 5.74) is 0.579. The number of aryl methyl sites for hydroxylation is 1. The number of anilines is 1. The largest absolute Gasteiger partial charge is 0.396 e. The van der Waals surface area contributed by atoms with Gasteiger partial charge in [-0.1, -0.05) is 27.7 Å². The van der Waals surface area contributed by atoms with Crippen LogP contribution in [0.3, 0.4) is 0 Å². The maximum absolute atomic E-state index is 12.3. The Morgan fingerprint density at radius 3 is 2.43 bits per heavy atom. The molecule has 2 amide bonds. The number of aliphatic hydroxyl groups excluding tert-OH is 1. The zero-order valence-electron chi connectivity index (χ0n) is 13.4. The quantitative estimate of drug-likeness (QED) is 0.844. The molecule has 0 bridgehead atoms. The van der Waals surface area contributed by atoms with Gasteiger partial charge < -0.3 is 15.3 Å². The molecule has 1 rings (SSSR count). The predicted octanol–water partition coefficient (Wildman–Crippen LogP) is 2.30. The van der Waals surface area contributed by atoms with Crippen molar-refractivity contribution in [2.45, 2.75) is 40.5 Å². The van der Waals surface area contributed by atoms with E-state index in [4.69, 9.17) is 5.11 Å². The molecule has 0 atom stereocenters. The van der Waals surface area contributed by atoms with E-state index in [-0.39, 0.29) is 18.1 Å². The molecule has 21 heavy (non-hydrogen) atoms. The molecule has 0 fully saturated rings. The highest BCUT2D eigenvalue weighted by atomic mass is 16.3. The average molecular weight is 294 g/mol. The summed E-state index contributed by atoms with van der Waals surface area (Å²) in [6.45, 7) is 9.41. The van der Waals surface area contributed by atoms with E-state index in [1.807, 2.05) is 6.92 Å². The van der Waals surface area contributed by atoms with Crippen molar-refractivity contribution in [1.29, 1.82) is 0 Å². The lowest BCUT2D eigenvalue weighted by atomic mass is 9.96. The van der Waals surface area contributed by atoms with Crippen LogP contribution >= 0.6 is 0 Å². The second-order valence-electron chi connectivity index (χ2n) is 6.23. The first-order valence-corrected chi connectivity index (χ1v) is 7.33. The first-order chi connectivity index (χ1) is 9.85. The minimum absolute atomic E-state index is 0.00460. The standard InChI is InChI=1S/C15H26N4O2/c1-5-13-16-9-12(10-17-13)18-14(21)19(7-6-8-20)11-15(2,3)4/h9-10,20H,5-8,11H2,1-4H3,(H,18,21). The summed E-state index contributed by atoms with van der Waals surface area (Å²) in [4.78, 5) is 22.4. The first-order valence-electron chi connectivity index (χ1n) is 7.33. The van der Waals surface area contributed by atoms with Crippen molar-refractivity contribution in [3.63, 3.8) is 0 Å². The van der Waals surface area contributed by atoms with Crippen molar-refractivity contribution in [3.05, 3.63) is 18.2 Å². The van der Waals surface area contributed by atoms with Crippen LogP contribution in [0.5, 0.6) is 0 Å². The van der Waals surface area contributed by atoms with Gasteiger partial charge in [0, 0.05) is 26.1 Å². The van der Waals surface area contributed by atoms with Crippen LogP contribution in [0.1, 0.15) is 39.9 Å². The number of aromatic nitrogens is 2. The summed E-state index contributed by atoms with van der Waals surface area (Å²) in [7, 11) is 0. The minimum atomic E-state index is -0.189. The molecule has 0 aliphatic carbocycles. The maximum Gasteiger partial charge on any atom is 0.321 e. The first kappa shape index (κ1) is 17.4. The Hall–Kier alpha value is -1.69. The number of nitrogens with one attached hydrogen (secondary N) is 1. The Kier molecular flexibility index (Phi) is 6.55. The fourth-order valence-electron chi connectivity index (χ4n) is 1.89. The highest BCUT2D eigenvalue weighted by molar-refractivity contribution is 5.88. The van der Waals surface area contributed by atoms with E-state index in [1.165, 1.54) is 0 Å². The molecule has 1 heterocycles. The number of carbonyl (C=O) groups is 1. The number of aliphatic hydroxyl groups is 1. The second kappa shape index (κ2) is 7.93. The summed E-state index contributed by atoms with van der Waals surface area (Å²) in [6.07, 6.45) is 4.56. The van der Waals surface area contributed by atoms with Gasteiger partial charge in [0.1, 0.15) is 5.82 Å². The third kappa shape index (κ3) is 6.53. The summed E-state index contributed by atoms with van der Waals surface area (Å²) >= 11 is 0. The Bertz CT molecular complexity index is 440. The van der Waals surface area contributed by atoms with Crippen LogP contribution in [0.15, 0.2) is 12.4 Å². The molecule has 0 saturated carbocycles. The number of rotatable bonds is 6. The molecule has 0 aromatic carbocycles. The van der Waals surface area contributed by atoms with Crippen LogP contribution in [-0.2, 0) is 6.42 Å². The smallest absolute Gasteiger partial charge is 0.321 e. The van der Waals surface area contributed by atoms with Gasteiger partial charge in [-0.05, 0) is 11.8 Å². The van der Waals surface area contributed by atoms with E-state index in [9.17, 15) is 4.79 Å². The van der Waals surface area contributed by atoms with Crippen LogP contribution in [-0.4, -0.2) is 45.7 Å². The lowest BCUT2D eigenvalue weighted by Crippen LogP contribution is -2.41. The van der Waals surface area contributed by atoms with Crippen molar-refractivity contribution < 1.29 is 9.90 Å². The van der Waals surface area contributed by atoms with Crippen molar-refractivity contribution >= 4 is 11.7 Å². The zero-order valence-corrected chi connectivity index (χ0v) is 13.4. The predicted molar refractivity (Wildman–Crippen MR) is 83.2 cm³/mol. The normalized spacial score (nSPS) is 11.3. The zero-order chi connectivity index (χ0) is 15.9. The number of amides is 2. The Balaban J connectivity index is 2.69. The summed E-state index contributed by atoms with van der Waals surface area (Å²) in [5.74, 6) is 0.750. The van der Waals surface area contributed by atoms with Crippen molar-refractivity contribution in [2.24, 2.45) is 5.41 Å². The van der Waals surface area contributed by atoms with Gasteiger partial charge in [-0.25, -0.2) is 14.8 Å². The van der Waals surface area contributed by atoms with Gasteiger partial charge in [-0.2, -0.15) is 0 Å². The van der Waals surface area contributed by atoms with Crippen LogP contribution in [0.25, 0.3) is 0 Å². The summed E-state index contributed by atoms with van der Waals surface area (Å²) < 4.78 is 0. The molecule has 0 spiro atoms. The monoisotopic (exact) mass is 294 g/mol. The van der Waals surface area contributed by atoms with Gasteiger partial charge in [0.15, 0.2) is 0 Å². The maximum atomic E-state index is 12.3. The highest BCUT2D eigenvalue weighted by Crippen LogP contribution is 2.16. The molecule has 6 nitrogen and oxygen atoms in total. The fourth-order valence-corrected chi connectivity index (χ4v) is 1.89. The van der Waals surface area contributed by atoms with Crippen molar-refractivity contribution in [2.75, 3.05) is 25.0 Å². The van der Waals surface area contributed by atoms with Gasteiger partial charge in [-0.15, -0.1) is 0 Å². The van der Waals surface area contributed by atoms with Crippen molar-refractivity contribution in [3.8, 4) is 0 Å². The number of urea groups is 1. The molecule has 2 N–H and O–H groups in total. The fraction of sp³-hybridized carbons (Fsp3) is 0.667. The van der Waals surface area contributed by atoms with Gasteiger partial charge in [0.2, 0.25) is 0 Å². The molecule has 0 saturated heterocycles. The molecular formula is C15H26N4O2. The molecule has 1 aromatic rings. The molecule has 1 aromatic heterocycles. The Morgan fingerprint density at radius 1 is 1.33 bits per heavy atom. The van der Waals surface area contributed by atoms with Gasteiger partial charge >= 0.3 is 6.03 Å². The van der Waals surface area contributed by atoms with E-state index >= 15 is 0 Å². The van der Waals surface area contributed by atoms with E-state index in [1.54, 1.807) is 17.3 Å². The summed E-state index contributed by atoms with van der Waals surface area (Å²) in [6, 6.07) is -0.189. The lowest BCUT2D eigenvalue weighted by molar-refractivity contribution is 0.176. The van der Waals surface area contributed by atoms with Crippen LogP contribution in [0, 0.1) is 5.41 Å². The van der Waals surface area contributed by atoms with E-state index in [0.29, 0.717) is 25.2 Å². The topological polar surface area (TPSA) is 78.4 Å². The number of nitrogens with zero attached hydrogens (tertiary/aromatic N) is 3. The molecular weight excluding hydrogens is 268 g/mol. The van der Waals surface area contributed by atoms with Crippen LogP contribution < -0.4 is 5.32 Å². The van der Waals surface area contributed by atoms with E-state index in [0.717, 1.165) is 12.2 Å². The molecule has 0 unspecified atom stereocenters. The third-order valence-corrected chi connectivity index (χ3v) is 2.81. The number of hydrogen-bond acceptors (Lipinski definition) is 4. The molecule has 6 heteroatoms. The lowest BCUT2D eigenvalue weighted by Gasteiger charge is -2.30. The van der Waals surface area contributed by atoms with E-state index < -0.39 is 0 Å². The van der Waals surface area contributed by atoms with Gasteiger partial charge in [0.05, 0.1) is 18.1 Å². The number of hydrogen-bond donors (Lipinski definition) is 2. The van der Waals surface area contributed by atoms with Crippen LogP contribution in [0.4, 0.5) is 10.5 Å². The Morgan fingerprint density at radius 2 is 1.95 bits per heavy atom. The van der Waals surface area contributed by atoms with E-state index in [2.05, 4.69) is 36.1 Å². The molecule has 118 valence electrons. The van der Waals surface area contributed by atoms with Crippen molar-refractivity contribution in [1.82, 2.24) is 14.9 Å². The molecule has 0 aliphatic heterocycles. The summed E-state index contributed by atoms with van der Waals surface area (Å²) in [5, 5.41) is 11.8. The second-order valence-corrected chi connectivity index (χ2v) is 6.23. The highest BCUT2D eigenvalue weighted by Gasteiger charge is 2.20. The van der Waals surface area contributed by atoms with Gasteiger partial charge in [0.25, 0.3) is 0 Å². The molecule has 0 aliphatic rings. The average Bonchev–Trinajstić information content (AvgIpc) is 2.43. The minimum Gasteiger partial charge on any atom is -0.396 e. The molecule has 0 radical (unpaired) electrons. The SMILES string of the molecule is CCc1ncc(NC(=O)N(CCCO)CC(C)(C)C)cn1. The number of carbonyl (C=O) groups excluding carboxylic acids is 1.